The van der Waals surface area contributed by atoms with Gasteiger partial charge in [0.2, 0.25) is 0 Å². The Balaban J connectivity index is 1.89. The summed E-state index contributed by atoms with van der Waals surface area (Å²) in [5.74, 6) is -1.75. The highest BCUT2D eigenvalue weighted by Crippen LogP contribution is 2.42. The van der Waals surface area contributed by atoms with Gasteiger partial charge in [-0.1, -0.05) is 0 Å². The summed E-state index contributed by atoms with van der Waals surface area (Å²) in [5, 5.41) is 0. The van der Waals surface area contributed by atoms with Gasteiger partial charge >= 0.3 is 47.8 Å². The summed E-state index contributed by atoms with van der Waals surface area (Å²) < 4.78 is 93.0. The molecule has 5 rings (SSSR count). The maximum Gasteiger partial charge on any atom is 0.302 e. The molecule has 456 valence electrons. The molecule has 0 fully saturated rings. The van der Waals surface area contributed by atoms with Crippen LogP contribution in [0.5, 0.6) is 46.0 Å². The van der Waals surface area contributed by atoms with Crippen molar-refractivity contribution >= 4 is 47.8 Å². The van der Waals surface area contributed by atoms with Gasteiger partial charge in [0.15, 0.2) is 0 Å². The number of ether oxygens (including phenoxy) is 16. The van der Waals surface area contributed by atoms with E-state index in [0.717, 1.165) is 0 Å². The molecule has 8 bridgehead atoms. The number of hydrogen-bond acceptors (Lipinski definition) is 24. The fraction of sp³-hybridized carbons (Fsp3) is 0.467. The summed E-state index contributed by atoms with van der Waals surface area (Å²) >= 11 is 0. The highest BCUT2D eigenvalue weighted by atomic mass is 16.6. The molecule has 0 heterocycles. The Bertz CT molecular complexity index is 2370. The lowest BCUT2D eigenvalue weighted by atomic mass is 9.91. The average Bonchev–Trinajstić information content (AvgIpc) is 2.55. The molecule has 4 aromatic rings. The molecule has 0 saturated heterocycles. The first-order valence-corrected chi connectivity index (χ1v) is 27.0. The van der Waals surface area contributed by atoms with Crippen molar-refractivity contribution in [3.8, 4) is 46.0 Å². The summed E-state index contributed by atoms with van der Waals surface area (Å²) in [6, 6.07) is 14.1. The van der Waals surface area contributed by atoms with Crippen molar-refractivity contribution in [2.45, 2.75) is 81.1 Å². The third-order valence-corrected chi connectivity index (χ3v) is 11.7. The zero-order valence-electron chi connectivity index (χ0n) is 48.6. The highest BCUT2D eigenvalue weighted by Gasteiger charge is 2.25. The van der Waals surface area contributed by atoms with E-state index in [0.29, 0.717) is 90.5 Å². The molecule has 0 amide bonds. The number of hydrogen-bond donors (Lipinski definition) is 0. The van der Waals surface area contributed by atoms with Crippen molar-refractivity contribution in [3.05, 3.63) is 93.0 Å². The lowest BCUT2D eigenvalue weighted by molar-refractivity contribution is -0.142. The molecule has 24 nitrogen and oxygen atoms in total. The first-order chi connectivity index (χ1) is 40.2. The molecule has 24 heteroatoms. The van der Waals surface area contributed by atoms with Crippen molar-refractivity contribution in [2.75, 3.05) is 106 Å². The molecule has 1 aliphatic rings. The van der Waals surface area contributed by atoms with Gasteiger partial charge in [-0.15, -0.1) is 0 Å². The Morgan fingerprint density at radius 3 is 0.440 bits per heavy atom. The van der Waals surface area contributed by atoms with Crippen LogP contribution in [0.4, 0.5) is 0 Å². The fourth-order valence-corrected chi connectivity index (χ4v) is 8.33. The number of fused-ring (bicyclic) bond motifs is 8. The van der Waals surface area contributed by atoms with Gasteiger partial charge in [0.25, 0.3) is 0 Å². The molecule has 0 spiro atoms. The molecule has 0 atom stereocenters. The van der Waals surface area contributed by atoms with E-state index < -0.39 is 47.8 Å². The van der Waals surface area contributed by atoms with E-state index in [9.17, 15) is 38.4 Å². The van der Waals surface area contributed by atoms with E-state index in [-0.39, 0.29) is 131 Å². The summed E-state index contributed by atoms with van der Waals surface area (Å²) in [7, 11) is 0. The van der Waals surface area contributed by atoms with Crippen molar-refractivity contribution in [2.24, 2.45) is 0 Å². The Hall–Kier alpha value is -8.96. The molecular weight excluding hydrogens is 1100 g/mol. The largest absolute Gasteiger partial charge is 0.490 e. The fourth-order valence-electron chi connectivity index (χ4n) is 8.33. The minimum absolute atomic E-state index is 0.0749. The molecular formula is C60H72O24. The van der Waals surface area contributed by atoms with E-state index in [1.54, 1.807) is 24.3 Å². The Morgan fingerprint density at radius 1 is 0.214 bits per heavy atom. The van der Waals surface area contributed by atoms with Gasteiger partial charge in [-0.2, -0.15) is 0 Å². The molecule has 0 aromatic heterocycles. The number of benzene rings is 4. The van der Waals surface area contributed by atoms with Gasteiger partial charge < -0.3 is 75.8 Å². The molecule has 0 radical (unpaired) electrons. The van der Waals surface area contributed by atoms with Gasteiger partial charge in [-0.3, -0.25) is 38.4 Å². The maximum absolute atomic E-state index is 11.9. The quantitative estimate of drug-likeness (QED) is 0.0275. The third-order valence-electron chi connectivity index (χ3n) is 11.7. The van der Waals surface area contributed by atoms with Crippen LogP contribution in [0.1, 0.15) is 99.9 Å². The Labute approximate surface area is 486 Å². The van der Waals surface area contributed by atoms with E-state index in [1.165, 1.54) is 55.4 Å². The predicted molar refractivity (Wildman–Crippen MR) is 294 cm³/mol. The normalized spacial score (nSPS) is 11.3. The molecule has 0 aliphatic heterocycles. The van der Waals surface area contributed by atoms with Crippen molar-refractivity contribution in [1.82, 2.24) is 0 Å². The van der Waals surface area contributed by atoms with Crippen LogP contribution in [-0.4, -0.2) is 153 Å². The Kier molecular flexibility index (Phi) is 27.0. The van der Waals surface area contributed by atoms with Crippen molar-refractivity contribution in [1.29, 1.82) is 0 Å². The van der Waals surface area contributed by atoms with Gasteiger partial charge in [0.1, 0.15) is 152 Å². The molecule has 0 N–H and O–H groups in total. The third kappa shape index (κ3) is 23.5. The predicted octanol–water partition coefficient (Wildman–Crippen LogP) is 5.90. The Morgan fingerprint density at radius 2 is 0.333 bits per heavy atom. The molecule has 0 saturated carbocycles. The zero-order chi connectivity index (χ0) is 61.0. The van der Waals surface area contributed by atoms with Crippen LogP contribution in [0.2, 0.25) is 0 Å². The van der Waals surface area contributed by atoms with Crippen LogP contribution in [-0.2, 0) is 102 Å². The van der Waals surface area contributed by atoms with Gasteiger partial charge in [0.05, 0.1) is 0 Å². The highest BCUT2D eigenvalue weighted by molar-refractivity contribution is 5.68. The van der Waals surface area contributed by atoms with Crippen LogP contribution >= 0.6 is 0 Å². The summed E-state index contributed by atoms with van der Waals surface area (Å²) in [6.07, 6.45) is 0.299. The van der Waals surface area contributed by atoms with Crippen LogP contribution in [0.15, 0.2) is 48.5 Å². The summed E-state index contributed by atoms with van der Waals surface area (Å²) in [6.45, 7) is 8.65. The van der Waals surface area contributed by atoms with Gasteiger partial charge in [-0.05, 0) is 68.8 Å². The standard InChI is InChI=1S/C60H72O24/c1-37(61)69-9-17-77-53-33-54(78-18-10-70-38(2)62)46-25-45(53)29-47-26-48(56(80-20-12-72-40(4)64)34-55(47)79-19-11-71-39(3)63)31-51-28-52(60(84-24-16-76-44(8)68)36-59(51)83-23-15-75-43(7)67)32-50-27-49(30-46)57(81-21-13-73-41(5)65)35-58(50)82-22-14-74-42(6)66/h25-28,33-36H,9-24,29-32H2,1-8H3. The zero-order valence-corrected chi connectivity index (χ0v) is 48.6. The van der Waals surface area contributed by atoms with E-state index in [4.69, 9.17) is 75.8 Å². The number of rotatable bonds is 32. The van der Waals surface area contributed by atoms with Crippen LogP contribution < -0.4 is 37.9 Å². The van der Waals surface area contributed by atoms with Crippen LogP contribution in [0.3, 0.4) is 0 Å². The first-order valence-electron chi connectivity index (χ1n) is 27.0. The van der Waals surface area contributed by atoms with E-state index >= 15 is 0 Å². The van der Waals surface area contributed by atoms with Crippen LogP contribution in [0.25, 0.3) is 0 Å². The van der Waals surface area contributed by atoms with E-state index in [2.05, 4.69) is 0 Å². The number of carbonyl (C=O) groups excluding carboxylic acids is 8. The lowest BCUT2D eigenvalue weighted by Gasteiger charge is -2.23. The summed E-state index contributed by atoms with van der Waals surface area (Å²) in [5.41, 5.74) is 4.57. The minimum Gasteiger partial charge on any atom is -0.490 e. The molecule has 1 aliphatic carbocycles. The van der Waals surface area contributed by atoms with Gasteiger partial charge in [-0.25, -0.2) is 0 Å². The topological polar surface area (TPSA) is 284 Å². The second kappa shape index (κ2) is 34.5. The van der Waals surface area contributed by atoms with E-state index in [1.807, 2.05) is 24.3 Å². The molecule has 4 aromatic carbocycles. The second-order valence-electron chi connectivity index (χ2n) is 18.5. The number of esters is 8. The first kappa shape index (κ1) is 65.8. The molecule has 84 heavy (non-hydrogen) atoms. The molecule has 0 unspecified atom stereocenters. The number of carbonyl (C=O) groups is 8. The average molecular weight is 1180 g/mol. The summed E-state index contributed by atoms with van der Waals surface area (Å²) in [4.78, 5) is 95.1. The lowest BCUT2D eigenvalue weighted by Crippen LogP contribution is -2.15. The van der Waals surface area contributed by atoms with Crippen LogP contribution in [0, 0.1) is 0 Å². The van der Waals surface area contributed by atoms with Crippen molar-refractivity contribution < 1.29 is 114 Å². The monoisotopic (exact) mass is 1180 g/mol. The van der Waals surface area contributed by atoms with Crippen molar-refractivity contribution in [3.63, 3.8) is 0 Å². The maximum atomic E-state index is 11.9. The van der Waals surface area contributed by atoms with Gasteiger partial charge in [0, 0.05) is 105 Å². The second-order valence-corrected chi connectivity index (χ2v) is 18.5. The minimum atomic E-state index is -0.521. The SMILES string of the molecule is CC(=O)OCCOc1cc(OCCOC(C)=O)c2cc1Cc1cc(c(OCCOC(C)=O)cc1OCCOC(C)=O)Cc1cc(c(OCCOC(C)=O)cc1OCCOC(C)=O)Cc1cc(c(OCCOC(C)=O)cc1OCCOC(C)=O)C2. The smallest absolute Gasteiger partial charge is 0.302 e.